The van der Waals surface area contributed by atoms with Gasteiger partial charge >= 0.3 is 0 Å². The first-order chi connectivity index (χ1) is 16.0. The van der Waals surface area contributed by atoms with Gasteiger partial charge in [-0.25, -0.2) is 0 Å². The number of aryl methyl sites for hydroxylation is 1. The fourth-order valence-electron chi connectivity index (χ4n) is 4.47. The molecule has 2 aromatic carbocycles. The molecule has 0 bridgehead atoms. The van der Waals surface area contributed by atoms with Gasteiger partial charge in [-0.1, -0.05) is 43.8 Å². The van der Waals surface area contributed by atoms with E-state index in [4.69, 9.17) is 9.47 Å². The van der Waals surface area contributed by atoms with Crippen LogP contribution in [0, 0.1) is 5.92 Å². The van der Waals surface area contributed by atoms with E-state index in [9.17, 15) is 9.59 Å². The molecular weight excluding hydrogens is 438 g/mol. The number of benzene rings is 2. The van der Waals surface area contributed by atoms with Crippen molar-refractivity contribution in [1.29, 1.82) is 0 Å². The molecule has 2 amide bonds. The Balaban J connectivity index is 1.66. The second-order valence-corrected chi connectivity index (χ2v) is 9.73. The van der Waals surface area contributed by atoms with Gasteiger partial charge in [0.05, 0.1) is 10.8 Å². The number of anilines is 1. The molecule has 8 heteroatoms. The van der Waals surface area contributed by atoms with Crippen molar-refractivity contribution in [2.45, 2.75) is 31.3 Å². The SMILES string of the molecule is CC(C)CCNC(=O)C1c2c(n(C)c3ccccc23)SCC(=O)N1c1ccc2c(c1)OCO2. The number of carbonyl (C=O) groups excluding carboxylic acids is 2. The predicted octanol–water partition coefficient (Wildman–Crippen LogP) is 4.25. The van der Waals surface area contributed by atoms with Gasteiger partial charge in [0.1, 0.15) is 6.04 Å². The Morgan fingerprint density at radius 3 is 2.79 bits per heavy atom. The second-order valence-electron chi connectivity index (χ2n) is 8.76. The highest BCUT2D eigenvalue weighted by Gasteiger charge is 2.40. The van der Waals surface area contributed by atoms with E-state index < -0.39 is 6.04 Å². The molecular formula is C25H27N3O4S. The van der Waals surface area contributed by atoms with Crippen molar-refractivity contribution in [3.8, 4) is 11.5 Å². The Hall–Kier alpha value is -3.13. The molecule has 1 N–H and O–H groups in total. The van der Waals surface area contributed by atoms with Gasteiger partial charge in [0, 0.05) is 41.8 Å². The molecule has 0 aliphatic carbocycles. The standard InChI is InChI=1S/C25H27N3O4S/c1-15(2)10-11-26-24(30)23-22-17-6-4-5-7-18(17)27(3)25(22)33-13-21(29)28(23)16-8-9-19-20(12-16)32-14-31-19/h4-9,12,15,23H,10-11,13-14H2,1-3H3,(H,26,30). The van der Waals surface area contributed by atoms with Gasteiger partial charge in [0.15, 0.2) is 11.5 Å². The zero-order valence-corrected chi connectivity index (χ0v) is 19.8. The lowest BCUT2D eigenvalue weighted by atomic mass is 10.0. The third kappa shape index (κ3) is 3.82. The minimum absolute atomic E-state index is 0.122. The summed E-state index contributed by atoms with van der Waals surface area (Å²) in [5.41, 5.74) is 2.52. The monoisotopic (exact) mass is 465 g/mol. The molecule has 3 aromatic rings. The summed E-state index contributed by atoms with van der Waals surface area (Å²) in [7, 11) is 1.99. The normalized spacial score (nSPS) is 17.4. The van der Waals surface area contributed by atoms with Crippen LogP contribution in [0.25, 0.3) is 10.9 Å². The van der Waals surface area contributed by atoms with Gasteiger partial charge in [-0.15, -0.1) is 0 Å². The number of hydrogen-bond donors (Lipinski definition) is 1. The number of thioether (sulfide) groups is 1. The molecule has 7 nitrogen and oxygen atoms in total. The number of amides is 2. The summed E-state index contributed by atoms with van der Waals surface area (Å²) in [5, 5.41) is 5.01. The van der Waals surface area contributed by atoms with Gasteiger partial charge < -0.3 is 19.4 Å². The van der Waals surface area contributed by atoms with E-state index in [1.165, 1.54) is 11.8 Å². The summed E-state index contributed by atoms with van der Waals surface area (Å²) in [6.07, 6.45) is 0.869. The van der Waals surface area contributed by atoms with Crippen LogP contribution in [0.4, 0.5) is 5.69 Å². The van der Waals surface area contributed by atoms with Gasteiger partial charge in [-0.05, 0) is 30.5 Å². The van der Waals surface area contributed by atoms with Crippen LogP contribution < -0.4 is 19.7 Å². The van der Waals surface area contributed by atoms with Crippen LogP contribution >= 0.6 is 11.8 Å². The van der Waals surface area contributed by atoms with Crippen LogP contribution in [0.3, 0.4) is 0 Å². The van der Waals surface area contributed by atoms with E-state index in [1.807, 2.05) is 37.4 Å². The van der Waals surface area contributed by atoms with Crippen LogP contribution in [-0.2, 0) is 16.6 Å². The number of aromatic nitrogens is 1. The molecule has 0 spiro atoms. The highest BCUT2D eigenvalue weighted by molar-refractivity contribution is 8.00. The second kappa shape index (κ2) is 8.67. The van der Waals surface area contributed by atoms with Gasteiger partial charge in [0.25, 0.3) is 0 Å². The van der Waals surface area contributed by atoms with E-state index in [-0.39, 0.29) is 24.4 Å². The number of nitrogens with zero attached hydrogens (tertiary/aromatic N) is 2. The quantitative estimate of drug-likeness (QED) is 0.610. The molecule has 33 heavy (non-hydrogen) atoms. The third-order valence-corrected chi connectivity index (χ3v) is 7.29. The van der Waals surface area contributed by atoms with Crippen molar-refractivity contribution in [2.75, 3.05) is 24.0 Å². The topological polar surface area (TPSA) is 72.8 Å². The van der Waals surface area contributed by atoms with Crippen molar-refractivity contribution in [3.05, 3.63) is 48.0 Å². The first kappa shape index (κ1) is 21.7. The zero-order valence-electron chi connectivity index (χ0n) is 19.0. The number of nitrogens with one attached hydrogen (secondary N) is 1. The Morgan fingerprint density at radius 2 is 1.97 bits per heavy atom. The largest absolute Gasteiger partial charge is 0.454 e. The van der Waals surface area contributed by atoms with Crippen molar-refractivity contribution in [1.82, 2.24) is 9.88 Å². The van der Waals surface area contributed by atoms with E-state index in [0.29, 0.717) is 29.6 Å². The predicted molar refractivity (Wildman–Crippen MR) is 129 cm³/mol. The summed E-state index contributed by atoms with van der Waals surface area (Å²) in [6, 6.07) is 12.6. The number of fused-ring (bicyclic) bond motifs is 4. The Labute approximate surface area is 197 Å². The van der Waals surface area contributed by atoms with Crippen LogP contribution in [-0.4, -0.2) is 35.5 Å². The molecule has 0 saturated carbocycles. The maximum atomic E-state index is 13.7. The van der Waals surface area contributed by atoms with Crippen molar-refractivity contribution >= 4 is 40.2 Å². The van der Waals surface area contributed by atoms with Gasteiger partial charge in [0.2, 0.25) is 18.6 Å². The first-order valence-electron chi connectivity index (χ1n) is 11.1. The smallest absolute Gasteiger partial charge is 0.247 e. The molecule has 5 rings (SSSR count). The van der Waals surface area contributed by atoms with Crippen LogP contribution in [0.1, 0.15) is 31.9 Å². The number of rotatable bonds is 5. The van der Waals surface area contributed by atoms with Crippen LogP contribution in [0.2, 0.25) is 0 Å². The van der Waals surface area contributed by atoms with E-state index >= 15 is 0 Å². The highest BCUT2D eigenvalue weighted by atomic mass is 32.2. The summed E-state index contributed by atoms with van der Waals surface area (Å²) in [4.78, 5) is 28.8. The number of carbonyl (C=O) groups is 2. The van der Waals surface area contributed by atoms with Gasteiger partial charge in [-0.2, -0.15) is 0 Å². The molecule has 2 aliphatic rings. The highest BCUT2D eigenvalue weighted by Crippen LogP contribution is 2.45. The molecule has 1 aromatic heterocycles. The molecule has 1 atom stereocenters. The Kier molecular flexibility index (Phi) is 5.70. The fraction of sp³-hybridized carbons (Fsp3) is 0.360. The Bertz CT molecular complexity index is 1240. The first-order valence-corrected chi connectivity index (χ1v) is 12.1. The lowest BCUT2D eigenvalue weighted by Gasteiger charge is -2.30. The minimum atomic E-state index is -0.791. The van der Waals surface area contributed by atoms with E-state index in [0.717, 1.165) is 27.9 Å². The van der Waals surface area contributed by atoms with Crippen molar-refractivity contribution < 1.29 is 19.1 Å². The average Bonchev–Trinajstić information content (AvgIpc) is 3.33. The maximum Gasteiger partial charge on any atom is 0.247 e. The average molecular weight is 466 g/mol. The molecule has 1 unspecified atom stereocenters. The van der Waals surface area contributed by atoms with E-state index in [1.54, 1.807) is 17.0 Å². The summed E-state index contributed by atoms with van der Waals surface area (Å²) in [6.45, 7) is 4.96. The molecule has 0 radical (unpaired) electrons. The van der Waals surface area contributed by atoms with E-state index in [2.05, 4.69) is 23.7 Å². The minimum Gasteiger partial charge on any atom is -0.454 e. The lowest BCUT2D eigenvalue weighted by molar-refractivity contribution is -0.125. The molecule has 2 aliphatic heterocycles. The number of hydrogen-bond acceptors (Lipinski definition) is 5. The maximum absolute atomic E-state index is 13.7. The summed E-state index contributed by atoms with van der Waals surface area (Å²) < 4.78 is 13.1. The van der Waals surface area contributed by atoms with Gasteiger partial charge in [-0.3, -0.25) is 14.5 Å². The summed E-state index contributed by atoms with van der Waals surface area (Å²) >= 11 is 1.48. The van der Waals surface area contributed by atoms with Crippen molar-refractivity contribution in [3.63, 3.8) is 0 Å². The Morgan fingerprint density at radius 1 is 1.18 bits per heavy atom. The van der Waals surface area contributed by atoms with Crippen LogP contribution in [0.15, 0.2) is 47.5 Å². The van der Waals surface area contributed by atoms with Crippen LogP contribution in [0.5, 0.6) is 11.5 Å². The third-order valence-electron chi connectivity index (χ3n) is 6.13. The fourth-order valence-corrected chi connectivity index (χ4v) is 5.54. The van der Waals surface area contributed by atoms with Crippen molar-refractivity contribution in [2.24, 2.45) is 13.0 Å². The number of para-hydroxylation sites is 1. The molecule has 0 fully saturated rings. The molecule has 0 saturated heterocycles. The summed E-state index contributed by atoms with van der Waals surface area (Å²) in [5.74, 6) is 1.62. The molecule has 3 heterocycles. The zero-order chi connectivity index (χ0) is 23.1. The molecule has 172 valence electrons. The lowest BCUT2D eigenvalue weighted by Crippen LogP contribution is -2.44. The number of ether oxygens (including phenoxy) is 2.